The van der Waals surface area contributed by atoms with E-state index >= 15 is 0 Å². The van der Waals surface area contributed by atoms with Gasteiger partial charge in [0.1, 0.15) is 6.17 Å². The summed E-state index contributed by atoms with van der Waals surface area (Å²) in [5.74, 6) is 1.19. The van der Waals surface area contributed by atoms with Crippen LogP contribution >= 0.6 is 11.8 Å². The third-order valence-electron chi connectivity index (χ3n) is 4.45. The number of thioether (sulfide) groups is 1. The van der Waals surface area contributed by atoms with Gasteiger partial charge in [0.25, 0.3) is 0 Å². The molecule has 1 N–H and O–H groups in total. The van der Waals surface area contributed by atoms with Crippen molar-refractivity contribution in [2.45, 2.75) is 45.3 Å². The molecule has 1 aliphatic rings. The Bertz CT molecular complexity index is 488. The van der Waals surface area contributed by atoms with Gasteiger partial charge in [-0.2, -0.15) is 11.8 Å². The van der Waals surface area contributed by atoms with E-state index in [1.165, 1.54) is 11.1 Å². The van der Waals surface area contributed by atoms with Crippen LogP contribution in [0.5, 0.6) is 0 Å². The largest absolute Gasteiger partial charge is 0.320 e. The summed E-state index contributed by atoms with van der Waals surface area (Å²) in [6.45, 7) is 7.04. The van der Waals surface area contributed by atoms with E-state index in [-0.39, 0.29) is 12.1 Å². The SMILES string of the molecule is CCc1ccc(C2NC(C)(CC)C(=O)N2CCSC)cc1. The first kappa shape index (κ1) is 16.4. The number of hydrogen-bond donors (Lipinski definition) is 1. The zero-order chi connectivity index (χ0) is 15.5. The molecule has 1 heterocycles. The molecule has 0 aromatic heterocycles. The first-order chi connectivity index (χ1) is 10.1. The lowest BCUT2D eigenvalue weighted by Crippen LogP contribution is -2.43. The maximum atomic E-state index is 12.7. The molecule has 1 aliphatic heterocycles. The molecule has 1 aromatic carbocycles. The van der Waals surface area contributed by atoms with Gasteiger partial charge >= 0.3 is 0 Å². The summed E-state index contributed by atoms with van der Waals surface area (Å²) in [4.78, 5) is 14.7. The molecule has 0 radical (unpaired) electrons. The van der Waals surface area contributed by atoms with Gasteiger partial charge in [0, 0.05) is 12.3 Å². The lowest BCUT2D eigenvalue weighted by atomic mass is 9.99. The standard InChI is InChI=1S/C17H26N2OS/c1-5-13-7-9-14(10-8-13)15-18-17(3,6-2)16(20)19(15)11-12-21-4/h7-10,15,18H,5-6,11-12H2,1-4H3. The van der Waals surface area contributed by atoms with E-state index in [0.717, 1.165) is 25.1 Å². The quantitative estimate of drug-likeness (QED) is 0.876. The maximum absolute atomic E-state index is 12.7. The highest BCUT2D eigenvalue weighted by atomic mass is 32.2. The Labute approximate surface area is 132 Å². The number of carbonyl (C=O) groups is 1. The second-order valence-electron chi connectivity index (χ2n) is 5.82. The molecule has 0 saturated carbocycles. The van der Waals surface area contributed by atoms with Gasteiger partial charge in [-0.25, -0.2) is 0 Å². The van der Waals surface area contributed by atoms with Crippen LogP contribution < -0.4 is 5.32 Å². The fraction of sp³-hybridized carbons (Fsp3) is 0.588. The Morgan fingerprint density at radius 3 is 2.48 bits per heavy atom. The summed E-state index contributed by atoms with van der Waals surface area (Å²) in [5.41, 5.74) is 2.07. The molecule has 2 atom stereocenters. The monoisotopic (exact) mass is 306 g/mol. The van der Waals surface area contributed by atoms with Crippen LogP contribution in [0.2, 0.25) is 0 Å². The lowest BCUT2D eigenvalue weighted by Gasteiger charge is -2.24. The van der Waals surface area contributed by atoms with Crippen LogP contribution in [-0.2, 0) is 11.2 Å². The van der Waals surface area contributed by atoms with E-state index in [4.69, 9.17) is 0 Å². The Morgan fingerprint density at radius 2 is 1.95 bits per heavy atom. The summed E-state index contributed by atoms with van der Waals surface area (Å²) in [5, 5.41) is 3.55. The van der Waals surface area contributed by atoms with Gasteiger partial charge in [0.05, 0.1) is 5.54 Å². The molecule has 2 unspecified atom stereocenters. The summed E-state index contributed by atoms with van der Waals surface area (Å²) < 4.78 is 0. The second kappa shape index (κ2) is 6.84. The smallest absolute Gasteiger partial charge is 0.244 e. The zero-order valence-corrected chi connectivity index (χ0v) is 14.3. The Balaban J connectivity index is 2.27. The van der Waals surface area contributed by atoms with Gasteiger partial charge in [-0.05, 0) is 37.1 Å². The Morgan fingerprint density at radius 1 is 1.29 bits per heavy atom. The molecule has 0 spiro atoms. The normalized spacial score (nSPS) is 25.6. The summed E-state index contributed by atoms with van der Waals surface area (Å²) >= 11 is 1.78. The van der Waals surface area contributed by atoms with E-state index in [2.05, 4.69) is 49.7 Å². The van der Waals surface area contributed by atoms with Crippen LogP contribution in [0, 0.1) is 0 Å². The van der Waals surface area contributed by atoms with Crippen LogP contribution in [0.15, 0.2) is 24.3 Å². The zero-order valence-electron chi connectivity index (χ0n) is 13.5. The number of aryl methyl sites for hydroxylation is 1. The van der Waals surface area contributed by atoms with Crippen molar-refractivity contribution in [3.63, 3.8) is 0 Å². The fourth-order valence-corrected chi connectivity index (χ4v) is 3.13. The van der Waals surface area contributed by atoms with Gasteiger partial charge in [-0.15, -0.1) is 0 Å². The number of hydrogen-bond acceptors (Lipinski definition) is 3. The molecule has 0 aliphatic carbocycles. The highest BCUT2D eigenvalue weighted by Crippen LogP contribution is 2.32. The molecule has 1 saturated heterocycles. The Kier molecular flexibility index (Phi) is 5.33. The van der Waals surface area contributed by atoms with Crippen molar-refractivity contribution < 1.29 is 4.79 Å². The number of rotatable bonds is 6. The minimum Gasteiger partial charge on any atom is -0.320 e. The molecular weight excluding hydrogens is 280 g/mol. The first-order valence-electron chi connectivity index (χ1n) is 7.72. The molecule has 2 rings (SSSR count). The van der Waals surface area contributed by atoms with Crippen molar-refractivity contribution in [2.75, 3.05) is 18.6 Å². The van der Waals surface area contributed by atoms with Crippen LogP contribution in [-0.4, -0.2) is 34.9 Å². The third-order valence-corrected chi connectivity index (χ3v) is 5.04. The second-order valence-corrected chi connectivity index (χ2v) is 6.80. The molecule has 116 valence electrons. The minimum absolute atomic E-state index is 0.000469. The minimum atomic E-state index is -0.438. The maximum Gasteiger partial charge on any atom is 0.244 e. The van der Waals surface area contributed by atoms with Crippen LogP contribution in [0.3, 0.4) is 0 Å². The number of benzene rings is 1. The molecule has 1 amide bonds. The van der Waals surface area contributed by atoms with Crippen molar-refractivity contribution in [1.29, 1.82) is 0 Å². The van der Waals surface area contributed by atoms with E-state index in [1.807, 2.05) is 11.8 Å². The van der Waals surface area contributed by atoms with Crippen LogP contribution in [0.1, 0.15) is 44.5 Å². The van der Waals surface area contributed by atoms with Crippen molar-refractivity contribution in [3.05, 3.63) is 35.4 Å². The number of carbonyl (C=O) groups excluding carboxylic acids is 1. The number of nitrogens with zero attached hydrogens (tertiary/aromatic N) is 1. The third kappa shape index (κ3) is 3.27. The van der Waals surface area contributed by atoms with Crippen molar-refractivity contribution in [3.8, 4) is 0 Å². The summed E-state index contributed by atoms with van der Waals surface area (Å²) in [7, 11) is 0. The first-order valence-corrected chi connectivity index (χ1v) is 9.11. The molecule has 4 heteroatoms. The summed E-state index contributed by atoms with van der Waals surface area (Å²) in [6.07, 6.45) is 3.93. The van der Waals surface area contributed by atoms with Gasteiger partial charge in [0.15, 0.2) is 0 Å². The van der Waals surface area contributed by atoms with Crippen molar-refractivity contribution >= 4 is 17.7 Å². The predicted molar refractivity (Wildman–Crippen MR) is 90.5 cm³/mol. The average molecular weight is 306 g/mol. The molecule has 1 fully saturated rings. The van der Waals surface area contributed by atoms with E-state index in [9.17, 15) is 4.79 Å². The van der Waals surface area contributed by atoms with Gasteiger partial charge in [0.2, 0.25) is 5.91 Å². The number of nitrogens with one attached hydrogen (secondary N) is 1. The van der Waals surface area contributed by atoms with Crippen molar-refractivity contribution in [1.82, 2.24) is 10.2 Å². The molecular formula is C17H26N2OS. The van der Waals surface area contributed by atoms with E-state index < -0.39 is 5.54 Å². The molecule has 3 nitrogen and oxygen atoms in total. The molecule has 0 bridgehead atoms. The fourth-order valence-electron chi connectivity index (χ4n) is 2.75. The van der Waals surface area contributed by atoms with Crippen LogP contribution in [0.4, 0.5) is 0 Å². The van der Waals surface area contributed by atoms with E-state index in [0.29, 0.717) is 0 Å². The van der Waals surface area contributed by atoms with Crippen molar-refractivity contribution in [2.24, 2.45) is 0 Å². The van der Waals surface area contributed by atoms with Crippen LogP contribution in [0.25, 0.3) is 0 Å². The predicted octanol–water partition coefficient (Wildman–Crippen LogP) is 3.21. The van der Waals surface area contributed by atoms with E-state index in [1.54, 1.807) is 11.8 Å². The molecule has 21 heavy (non-hydrogen) atoms. The highest BCUT2D eigenvalue weighted by Gasteiger charge is 2.46. The topological polar surface area (TPSA) is 32.3 Å². The lowest BCUT2D eigenvalue weighted by molar-refractivity contribution is -0.132. The Hall–Kier alpha value is -1.00. The summed E-state index contributed by atoms with van der Waals surface area (Å²) in [6, 6.07) is 8.63. The molecule has 1 aromatic rings. The average Bonchev–Trinajstić information content (AvgIpc) is 2.78. The van der Waals surface area contributed by atoms with Gasteiger partial charge in [-0.3, -0.25) is 10.1 Å². The van der Waals surface area contributed by atoms with Gasteiger partial charge in [-0.1, -0.05) is 38.1 Å². The van der Waals surface area contributed by atoms with Gasteiger partial charge < -0.3 is 4.90 Å². The highest BCUT2D eigenvalue weighted by molar-refractivity contribution is 7.98. The number of amides is 1.